The first-order valence-corrected chi connectivity index (χ1v) is 11.6. The number of thiophene rings is 1. The summed E-state index contributed by atoms with van der Waals surface area (Å²) in [5, 5.41) is 1.72. The molecule has 1 atom stereocenters. The molecule has 1 unspecified atom stereocenters. The molecule has 0 saturated carbocycles. The van der Waals surface area contributed by atoms with Crippen LogP contribution in [0.1, 0.15) is 23.2 Å². The minimum Gasteiger partial charge on any atom is -0.497 e. The highest BCUT2D eigenvalue weighted by Crippen LogP contribution is 2.36. The number of halogens is 1. The van der Waals surface area contributed by atoms with Gasteiger partial charge in [0.25, 0.3) is 5.91 Å². The molecule has 172 valence electrons. The Bertz CT molecular complexity index is 958. The Hall–Kier alpha value is -2.65. The Labute approximate surface area is 195 Å². The van der Waals surface area contributed by atoms with Gasteiger partial charge in [-0.1, -0.05) is 11.6 Å². The van der Waals surface area contributed by atoms with Gasteiger partial charge in [-0.05, 0) is 37.1 Å². The summed E-state index contributed by atoms with van der Waals surface area (Å²) in [5.74, 6) is 1.77. The predicted octanol–water partition coefficient (Wildman–Crippen LogP) is 3.92. The van der Waals surface area contributed by atoms with E-state index < -0.39 is 0 Å². The molecule has 0 bridgehead atoms. The van der Waals surface area contributed by atoms with Crippen LogP contribution in [0.25, 0.3) is 0 Å². The first kappa shape index (κ1) is 22.5. The fourth-order valence-corrected chi connectivity index (χ4v) is 5.04. The Kier molecular flexibility index (Phi) is 6.95. The second-order valence-corrected chi connectivity index (χ2v) is 9.11. The van der Waals surface area contributed by atoms with Gasteiger partial charge in [-0.25, -0.2) is 4.79 Å². The van der Waals surface area contributed by atoms with Gasteiger partial charge in [-0.2, -0.15) is 0 Å². The zero-order valence-electron chi connectivity index (χ0n) is 17.9. The topological polar surface area (TPSA) is 77.5 Å². The van der Waals surface area contributed by atoms with Crippen LogP contribution in [0.2, 0.25) is 4.34 Å². The van der Waals surface area contributed by atoms with Gasteiger partial charge in [0.05, 0.1) is 26.3 Å². The summed E-state index contributed by atoms with van der Waals surface area (Å²) in [5.41, 5.74) is 0.484. The summed E-state index contributed by atoms with van der Waals surface area (Å²) in [7, 11) is 3.11. The van der Waals surface area contributed by atoms with Crippen LogP contribution in [-0.2, 0) is 4.74 Å². The minimum absolute atomic E-state index is 0.0329. The number of carbonyl (C=O) groups is 2. The van der Waals surface area contributed by atoms with E-state index in [9.17, 15) is 9.59 Å². The minimum atomic E-state index is -0.332. The maximum atomic E-state index is 12.9. The van der Waals surface area contributed by atoms with Crippen molar-refractivity contribution < 1.29 is 28.5 Å². The smallest absolute Gasteiger partial charge is 0.410 e. The summed E-state index contributed by atoms with van der Waals surface area (Å²) in [6, 6.07) is 7.30. The summed E-state index contributed by atoms with van der Waals surface area (Å²) in [6.07, 6.45) is 0.714. The predicted molar refractivity (Wildman–Crippen MR) is 120 cm³/mol. The molecule has 3 heterocycles. The van der Waals surface area contributed by atoms with Gasteiger partial charge in [-0.3, -0.25) is 4.79 Å². The Morgan fingerprint density at radius 3 is 2.50 bits per heavy atom. The highest BCUT2D eigenvalue weighted by Gasteiger charge is 2.38. The van der Waals surface area contributed by atoms with Crippen molar-refractivity contribution in [3.63, 3.8) is 0 Å². The number of hydrogen-bond donors (Lipinski definition) is 0. The van der Waals surface area contributed by atoms with Crippen molar-refractivity contribution in [2.75, 3.05) is 40.5 Å². The number of rotatable bonds is 7. The molecule has 32 heavy (non-hydrogen) atoms. The molecule has 4 rings (SSSR count). The highest BCUT2D eigenvalue weighted by atomic mass is 35.5. The first-order chi connectivity index (χ1) is 15.5. The lowest BCUT2D eigenvalue weighted by atomic mass is 10.0. The molecule has 2 aromatic rings. The molecule has 1 aromatic carbocycles. The van der Waals surface area contributed by atoms with Crippen LogP contribution in [0.4, 0.5) is 4.79 Å². The third-order valence-electron chi connectivity index (χ3n) is 5.73. The summed E-state index contributed by atoms with van der Waals surface area (Å²) in [4.78, 5) is 28.8. The molecule has 10 heteroatoms. The largest absolute Gasteiger partial charge is 0.497 e. The second-order valence-electron chi connectivity index (χ2n) is 7.62. The molecular weight excluding hydrogens is 456 g/mol. The zero-order chi connectivity index (χ0) is 22.7. The fraction of sp³-hybridized carbons (Fsp3) is 0.455. The average molecular weight is 481 g/mol. The van der Waals surface area contributed by atoms with E-state index in [2.05, 4.69) is 0 Å². The van der Waals surface area contributed by atoms with E-state index in [0.29, 0.717) is 53.9 Å². The van der Waals surface area contributed by atoms with Gasteiger partial charge < -0.3 is 28.7 Å². The Balaban J connectivity index is 1.28. The third kappa shape index (κ3) is 4.73. The van der Waals surface area contributed by atoms with Crippen molar-refractivity contribution in [1.82, 2.24) is 9.80 Å². The van der Waals surface area contributed by atoms with Crippen LogP contribution in [0.5, 0.6) is 17.2 Å². The number of nitrogens with zero attached hydrogens (tertiary/aromatic N) is 2. The van der Waals surface area contributed by atoms with Crippen molar-refractivity contribution in [2.45, 2.75) is 25.0 Å². The molecule has 0 spiro atoms. The average Bonchev–Trinajstić information content (AvgIpc) is 3.39. The van der Waals surface area contributed by atoms with Crippen molar-refractivity contribution >= 4 is 34.9 Å². The van der Waals surface area contributed by atoms with Crippen LogP contribution in [0.3, 0.4) is 0 Å². The van der Waals surface area contributed by atoms with E-state index in [0.717, 1.165) is 5.75 Å². The summed E-state index contributed by atoms with van der Waals surface area (Å²) < 4.78 is 22.1. The maximum absolute atomic E-state index is 12.9. The lowest BCUT2D eigenvalue weighted by Crippen LogP contribution is -2.47. The Morgan fingerprint density at radius 1 is 1.16 bits per heavy atom. The summed E-state index contributed by atoms with van der Waals surface area (Å²) >= 11 is 7.37. The van der Waals surface area contributed by atoms with Gasteiger partial charge in [0, 0.05) is 24.5 Å². The zero-order valence-corrected chi connectivity index (χ0v) is 19.5. The number of benzene rings is 1. The van der Waals surface area contributed by atoms with Crippen LogP contribution >= 0.6 is 22.9 Å². The summed E-state index contributed by atoms with van der Waals surface area (Å²) in [6.45, 7) is 1.86. The number of methoxy groups -OCH3 is 2. The molecule has 0 N–H and O–H groups in total. The monoisotopic (exact) mass is 480 g/mol. The van der Waals surface area contributed by atoms with Crippen LogP contribution in [0, 0.1) is 0 Å². The van der Waals surface area contributed by atoms with Gasteiger partial charge in [0.1, 0.15) is 22.4 Å². The van der Waals surface area contributed by atoms with Crippen molar-refractivity contribution in [1.29, 1.82) is 0 Å². The van der Waals surface area contributed by atoms with Crippen molar-refractivity contribution in [3.05, 3.63) is 39.5 Å². The highest BCUT2D eigenvalue weighted by molar-refractivity contribution is 7.15. The molecule has 0 aliphatic carbocycles. The normalized spacial score (nSPS) is 19.1. The number of ether oxygens (including phenoxy) is 4. The van der Waals surface area contributed by atoms with Crippen LogP contribution < -0.4 is 14.2 Å². The molecular formula is C22H25ClN2O6S. The van der Waals surface area contributed by atoms with E-state index >= 15 is 0 Å². The number of hydrogen-bond acceptors (Lipinski definition) is 7. The van der Waals surface area contributed by atoms with E-state index in [-0.39, 0.29) is 30.8 Å². The molecule has 2 amide bonds. The fourth-order valence-electron chi connectivity index (χ4n) is 4.00. The third-order valence-corrected chi connectivity index (χ3v) is 6.91. The van der Waals surface area contributed by atoms with E-state index in [1.807, 2.05) is 24.3 Å². The van der Waals surface area contributed by atoms with Gasteiger partial charge in [-0.15, -0.1) is 11.3 Å². The molecule has 0 radical (unpaired) electrons. The second kappa shape index (κ2) is 9.87. The lowest BCUT2D eigenvalue weighted by Gasteiger charge is -2.35. The van der Waals surface area contributed by atoms with E-state index in [1.165, 1.54) is 18.4 Å². The standard InChI is InChI=1S/C22H25ClN2O6S/c1-28-15-3-5-16(6-4-15)30-12-17-11-25(22(27)31-17)14-7-9-24(10-8-14)21(26)18-13-32-20(23)19(18)29-2/h3-6,13-14,17H,7-12H2,1-2H3. The van der Waals surface area contributed by atoms with Crippen molar-refractivity contribution in [3.8, 4) is 17.2 Å². The van der Waals surface area contributed by atoms with Gasteiger partial charge >= 0.3 is 6.09 Å². The number of cyclic esters (lactones) is 1. The van der Waals surface area contributed by atoms with Gasteiger partial charge in [0.2, 0.25) is 0 Å². The molecule has 2 fully saturated rings. The number of carbonyl (C=O) groups excluding carboxylic acids is 2. The quantitative estimate of drug-likeness (QED) is 0.597. The van der Waals surface area contributed by atoms with Crippen LogP contribution in [-0.4, -0.2) is 74.4 Å². The number of piperidine rings is 1. The molecule has 2 saturated heterocycles. The number of amides is 2. The first-order valence-electron chi connectivity index (χ1n) is 10.3. The van der Waals surface area contributed by atoms with Gasteiger partial charge in [0.15, 0.2) is 11.9 Å². The molecule has 2 aliphatic heterocycles. The molecule has 2 aliphatic rings. The SMILES string of the molecule is COc1ccc(OCC2CN(C3CCN(C(=O)c4csc(Cl)c4OC)CC3)C(=O)O2)cc1. The van der Waals surface area contributed by atoms with E-state index in [1.54, 1.807) is 22.3 Å². The lowest BCUT2D eigenvalue weighted by molar-refractivity contribution is 0.0655. The van der Waals surface area contributed by atoms with Crippen LogP contribution in [0.15, 0.2) is 29.6 Å². The number of likely N-dealkylation sites (tertiary alicyclic amines) is 1. The molecule has 1 aromatic heterocycles. The van der Waals surface area contributed by atoms with E-state index in [4.69, 9.17) is 30.5 Å². The molecule has 8 nitrogen and oxygen atoms in total. The Morgan fingerprint density at radius 2 is 1.84 bits per heavy atom. The van der Waals surface area contributed by atoms with Crippen molar-refractivity contribution in [2.24, 2.45) is 0 Å². The maximum Gasteiger partial charge on any atom is 0.410 e.